The molecule has 2 aliphatic carbocycles. The molecule has 2 aliphatic rings. The Morgan fingerprint density at radius 2 is 2.00 bits per heavy atom. The van der Waals surface area contributed by atoms with Gasteiger partial charge in [-0.1, -0.05) is 19.8 Å². The molecule has 0 bridgehead atoms. The SMILES string of the molecule is CC1(CNCC(=O)NC2CC2)CCCC1. The fourth-order valence-corrected chi connectivity index (χ4v) is 2.39. The van der Waals surface area contributed by atoms with Crippen molar-refractivity contribution in [2.45, 2.75) is 51.5 Å². The first kappa shape index (κ1) is 10.9. The van der Waals surface area contributed by atoms with Gasteiger partial charge in [-0.3, -0.25) is 4.79 Å². The molecular weight excluding hydrogens is 188 g/mol. The van der Waals surface area contributed by atoms with Crippen LogP contribution in [-0.4, -0.2) is 25.0 Å². The van der Waals surface area contributed by atoms with E-state index >= 15 is 0 Å². The molecule has 0 atom stereocenters. The van der Waals surface area contributed by atoms with Gasteiger partial charge in [-0.15, -0.1) is 0 Å². The van der Waals surface area contributed by atoms with Gasteiger partial charge < -0.3 is 10.6 Å². The molecule has 0 saturated heterocycles. The molecular formula is C12H22N2O. The number of nitrogens with one attached hydrogen (secondary N) is 2. The Morgan fingerprint density at radius 3 is 2.60 bits per heavy atom. The monoisotopic (exact) mass is 210 g/mol. The van der Waals surface area contributed by atoms with E-state index in [0.29, 0.717) is 18.0 Å². The van der Waals surface area contributed by atoms with Crippen LogP contribution in [0.1, 0.15) is 45.4 Å². The van der Waals surface area contributed by atoms with Gasteiger partial charge in [0.05, 0.1) is 6.54 Å². The highest BCUT2D eigenvalue weighted by molar-refractivity contribution is 5.78. The Kier molecular flexibility index (Phi) is 3.29. The van der Waals surface area contributed by atoms with Gasteiger partial charge in [-0.25, -0.2) is 0 Å². The second-order valence-electron chi connectivity index (χ2n) is 5.46. The van der Waals surface area contributed by atoms with Crippen LogP contribution in [0.25, 0.3) is 0 Å². The summed E-state index contributed by atoms with van der Waals surface area (Å²) in [7, 11) is 0. The Bertz CT molecular complexity index is 230. The minimum atomic E-state index is 0.166. The van der Waals surface area contributed by atoms with E-state index in [9.17, 15) is 4.79 Å². The summed E-state index contributed by atoms with van der Waals surface area (Å²) >= 11 is 0. The molecule has 3 heteroatoms. The van der Waals surface area contributed by atoms with Gasteiger partial charge in [0, 0.05) is 12.6 Å². The van der Waals surface area contributed by atoms with Gasteiger partial charge in [0.25, 0.3) is 0 Å². The number of hydrogen-bond acceptors (Lipinski definition) is 2. The molecule has 0 aromatic rings. The molecule has 3 nitrogen and oxygen atoms in total. The minimum Gasteiger partial charge on any atom is -0.352 e. The highest BCUT2D eigenvalue weighted by Crippen LogP contribution is 2.36. The van der Waals surface area contributed by atoms with E-state index in [1.807, 2.05) is 0 Å². The molecule has 2 rings (SSSR count). The van der Waals surface area contributed by atoms with Crippen molar-refractivity contribution in [2.75, 3.05) is 13.1 Å². The first-order chi connectivity index (χ1) is 7.18. The predicted octanol–water partition coefficient (Wildman–Crippen LogP) is 1.43. The maximum atomic E-state index is 11.4. The van der Waals surface area contributed by atoms with Crippen LogP contribution in [0.15, 0.2) is 0 Å². The molecule has 0 aromatic heterocycles. The van der Waals surface area contributed by atoms with Gasteiger partial charge in [0.15, 0.2) is 0 Å². The molecule has 2 fully saturated rings. The lowest BCUT2D eigenvalue weighted by Crippen LogP contribution is -2.39. The second kappa shape index (κ2) is 4.52. The Labute approximate surface area is 92.0 Å². The fourth-order valence-electron chi connectivity index (χ4n) is 2.39. The predicted molar refractivity (Wildman–Crippen MR) is 60.6 cm³/mol. The minimum absolute atomic E-state index is 0.166. The number of rotatable bonds is 5. The largest absolute Gasteiger partial charge is 0.352 e. The van der Waals surface area contributed by atoms with Gasteiger partial charge in [-0.05, 0) is 31.1 Å². The summed E-state index contributed by atoms with van der Waals surface area (Å²) in [6, 6.07) is 0.487. The average molecular weight is 210 g/mol. The summed E-state index contributed by atoms with van der Waals surface area (Å²) in [5, 5.41) is 6.28. The van der Waals surface area contributed by atoms with Crippen molar-refractivity contribution in [1.29, 1.82) is 0 Å². The zero-order chi connectivity index (χ0) is 10.7. The van der Waals surface area contributed by atoms with Gasteiger partial charge >= 0.3 is 0 Å². The summed E-state index contributed by atoms with van der Waals surface area (Å²) < 4.78 is 0. The van der Waals surface area contributed by atoms with Crippen molar-refractivity contribution < 1.29 is 4.79 Å². The lowest BCUT2D eigenvalue weighted by atomic mass is 9.89. The molecule has 2 N–H and O–H groups in total. The van der Waals surface area contributed by atoms with Gasteiger partial charge in [0.2, 0.25) is 5.91 Å². The maximum absolute atomic E-state index is 11.4. The van der Waals surface area contributed by atoms with E-state index in [-0.39, 0.29) is 5.91 Å². The lowest BCUT2D eigenvalue weighted by Gasteiger charge is -2.23. The van der Waals surface area contributed by atoms with Gasteiger partial charge in [-0.2, -0.15) is 0 Å². The Hall–Kier alpha value is -0.570. The smallest absolute Gasteiger partial charge is 0.234 e. The van der Waals surface area contributed by atoms with Crippen molar-refractivity contribution in [3.63, 3.8) is 0 Å². The first-order valence-corrected chi connectivity index (χ1v) is 6.18. The normalized spacial score (nSPS) is 24.1. The summed E-state index contributed by atoms with van der Waals surface area (Å²) in [4.78, 5) is 11.4. The fraction of sp³-hybridized carbons (Fsp3) is 0.917. The van der Waals surface area contributed by atoms with E-state index in [1.54, 1.807) is 0 Å². The molecule has 0 unspecified atom stereocenters. The van der Waals surface area contributed by atoms with E-state index < -0.39 is 0 Å². The topological polar surface area (TPSA) is 41.1 Å². The molecule has 15 heavy (non-hydrogen) atoms. The summed E-state index contributed by atoms with van der Waals surface area (Å²) in [6.07, 6.45) is 7.67. The Morgan fingerprint density at radius 1 is 1.33 bits per heavy atom. The van der Waals surface area contributed by atoms with Crippen molar-refractivity contribution in [3.05, 3.63) is 0 Å². The second-order valence-corrected chi connectivity index (χ2v) is 5.46. The van der Waals surface area contributed by atoms with E-state index in [0.717, 1.165) is 6.54 Å². The van der Waals surface area contributed by atoms with Gasteiger partial charge in [0.1, 0.15) is 0 Å². The molecule has 0 aromatic carbocycles. The first-order valence-electron chi connectivity index (χ1n) is 6.18. The lowest BCUT2D eigenvalue weighted by molar-refractivity contribution is -0.120. The van der Waals surface area contributed by atoms with Crippen LogP contribution in [0, 0.1) is 5.41 Å². The number of hydrogen-bond donors (Lipinski definition) is 2. The third kappa shape index (κ3) is 3.49. The summed E-state index contributed by atoms with van der Waals surface area (Å²) in [5.41, 5.74) is 0.444. The average Bonchev–Trinajstić information content (AvgIpc) is 2.88. The maximum Gasteiger partial charge on any atom is 0.234 e. The molecule has 0 spiro atoms. The molecule has 0 aliphatic heterocycles. The molecule has 0 heterocycles. The number of carbonyl (C=O) groups excluding carboxylic acids is 1. The van der Waals surface area contributed by atoms with Crippen LogP contribution >= 0.6 is 0 Å². The standard InChI is InChI=1S/C12H22N2O/c1-12(6-2-3-7-12)9-13-8-11(15)14-10-4-5-10/h10,13H,2-9H2,1H3,(H,14,15). The third-order valence-corrected chi connectivity index (χ3v) is 3.59. The van der Waals surface area contributed by atoms with Crippen LogP contribution < -0.4 is 10.6 Å². The number of carbonyl (C=O) groups is 1. The zero-order valence-electron chi connectivity index (χ0n) is 9.64. The van der Waals surface area contributed by atoms with E-state index in [1.165, 1.54) is 38.5 Å². The van der Waals surface area contributed by atoms with Crippen LogP contribution in [-0.2, 0) is 4.79 Å². The van der Waals surface area contributed by atoms with E-state index in [4.69, 9.17) is 0 Å². The van der Waals surface area contributed by atoms with Crippen LogP contribution in [0.3, 0.4) is 0 Å². The zero-order valence-corrected chi connectivity index (χ0v) is 9.64. The molecule has 2 saturated carbocycles. The third-order valence-electron chi connectivity index (χ3n) is 3.59. The van der Waals surface area contributed by atoms with Crippen molar-refractivity contribution in [1.82, 2.24) is 10.6 Å². The van der Waals surface area contributed by atoms with Crippen LogP contribution in [0.2, 0.25) is 0 Å². The summed E-state index contributed by atoms with van der Waals surface area (Å²) in [5.74, 6) is 0.166. The highest BCUT2D eigenvalue weighted by atomic mass is 16.2. The van der Waals surface area contributed by atoms with Crippen molar-refractivity contribution in [3.8, 4) is 0 Å². The van der Waals surface area contributed by atoms with Crippen LogP contribution in [0.5, 0.6) is 0 Å². The molecule has 0 radical (unpaired) electrons. The highest BCUT2D eigenvalue weighted by Gasteiger charge is 2.28. The quantitative estimate of drug-likeness (QED) is 0.721. The Balaban J connectivity index is 1.58. The molecule has 1 amide bonds. The number of amides is 1. The summed E-state index contributed by atoms with van der Waals surface area (Å²) in [6.45, 7) is 3.81. The molecule has 86 valence electrons. The van der Waals surface area contributed by atoms with Crippen LogP contribution in [0.4, 0.5) is 0 Å². The van der Waals surface area contributed by atoms with E-state index in [2.05, 4.69) is 17.6 Å². The van der Waals surface area contributed by atoms with Crippen molar-refractivity contribution >= 4 is 5.91 Å². The van der Waals surface area contributed by atoms with Crippen molar-refractivity contribution in [2.24, 2.45) is 5.41 Å².